The van der Waals surface area contributed by atoms with Gasteiger partial charge in [0.25, 0.3) is 0 Å². The minimum atomic E-state index is -0.563. The van der Waals surface area contributed by atoms with Crippen molar-refractivity contribution in [3.8, 4) is 10.4 Å². The number of benzene rings is 1. The lowest BCUT2D eigenvalue weighted by Gasteiger charge is -2.44. The summed E-state index contributed by atoms with van der Waals surface area (Å²) in [6, 6.07) is 12.9. The van der Waals surface area contributed by atoms with Crippen molar-refractivity contribution in [2.75, 3.05) is 19.7 Å². The number of thiophene rings is 1. The first-order valence-corrected chi connectivity index (χ1v) is 10.3. The van der Waals surface area contributed by atoms with E-state index in [9.17, 15) is 4.79 Å². The standard InChI is InChI=1S/C21H24N2O2S.ClH/c22-20(7-8-20)19(24)23-11-9-21(10-12-23)18-16(6-13-25-21)14-17(26-18)15-4-2-1-3-5-15;/h1-5,14H,6-13,22H2;1H. The van der Waals surface area contributed by atoms with Gasteiger partial charge in [-0.3, -0.25) is 4.79 Å². The summed E-state index contributed by atoms with van der Waals surface area (Å²) in [5.74, 6) is 0.138. The van der Waals surface area contributed by atoms with Gasteiger partial charge < -0.3 is 15.4 Å². The average Bonchev–Trinajstić information content (AvgIpc) is 3.27. The van der Waals surface area contributed by atoms with Crippen molar-refractivity contribution in [2.24, 2.45) is 5.73 Å². The Bertz CT molecular complexity index is 839. The Labute approximate surface area is 170 Å². The second kappa shape index (κ2) is 6.89. The van der Waals surface area contributed by atoms with E-state index in [1.54, 1.807) is 0 Å². The molecule has 0 atom stereocenters. The number of piperidine rings is 1. The third kappa shape index (κ3) is 3.21. The highest BCUT2D eigenvalue weighted by Gasteiger charge is 2.50. The largest absolute Gasteiger partial charge is 0.369 e. The maximum atomic E-state index is 12.6. The van der Waals surface area contributed by atoms with Crippen molar-refractivity contribution in [1.82, 2.24) is 4.90 Å². The molecule has 144 valence electrons. The van der Waals surface area contributed by atoms with Crippen molar-refractivity contribution < 1.29 is 9.53 Å². The molecule has 1 saturated heterocycles. The van der Waals surface area contributed by atoms with Crippen molar-refractivity contribution in [3.63, 3.8) is 0 Å². The van der Waals surface area contributed by atoms with Gasteiger partial charge in [0.1, 0.15) is 5.60 Å². The van der Waals surface area contributed by atoms with E-state index in [1.807, 2.05) is 16.2 Å². The fourth-order valence-electron chi connectivity index (χ4n) is 4.27. The third-order valence-corrected chi connectivity index (χ3v) is 7.52. The maximum absolute atomic E-state index is 12.6. The molecule has 2 aliphatic heterocycles. The second-order valence-electron chi connectivity index (χ2n) is 7.87. The van der Waals surface area contributed by atoms with E-state index in [0.717, 1.165) is 51.8 Å². The molecule has 2 fully saturated rings. The van der Waals surface area contributed by atoms with E-state index >= 15 is 0 Å². The Balaban J connectivity index is 0.00000180. The van der Waals surface area contributed by atoms with Gasteiger partial charge in [0.2, 0.25) is 5.91 Å². The van der Waals surface area contributed by atoms with Crippen LogP contribution in [0.4, 0.5) is 0 Å². The summed E-state index contributed by atoms with van der Waals surface area (Å²) in [7, 11) is 0. The molecule has 1 aromatic heterocycles. The minimum Gasteiger partial charge on any atom is -0.369 e. The SMILES string of the molecule is Cl.NC1(C(=O)N2CCC3(CC2)OCCc2cc(-c4ccccc4)sc23)CC1. The zero-order valence-electron chi connectivity index (χ0n) is 15.3. The molecule has 27 heavy (non-hydrogen) atoms. The predicted octanol–water partition coefficient (Wildman–Crippen LogP) is 3.72. The fourth-order valence-corrected chi connectivity index (χ4v) is 5.69. The molecule has 1 amide bonds. The zero-order valence-corrected chi connectivity index (χ0v) is 16.9. The van der Waals surface area contributed by atoms with Crippen LogP contribution in [-0.2, 0) is 21.6 Å². The van der Waals surface area contributed by atoms with Crippen molar-refractivity contribution >= 4 is 29.7 Å². The molecule has 0 unspecified atom stereocenters. The fraction of sp³-hybridized carbons (Fsp3) is 0.476. The maximum Gasteiger partial charge on any atom is 0.242 e. The molecule has 1 aliphatic carbocycles. The highest BCUT2D eigenvalue weighted by atomic mass is 35.5. The number of carbonyl (C=O) groups excluding carboxylic acids is 1. The molecule has 5 rings (SSSR count). The van der Waals surface area contributed by atoms with Crippen molar-refractivity contribution in [1.29, 1.82) is 0 Å². The van der Waals surface area contributed by atoms with E-state index in [2.05, 4.69) is 36.4 Å². The summed E-state index contributed by atoms with van der Waals surface area (Å²) in [5, 5.41) is 0. The number of nitrogens with two attached hydrogens (primary N) is 1. The lowest BCUT2D eigenvalue weighted by molar-refractivity contribution is -0.142. The van der Waals surface area contributed by atoms with Gasteiger partial charge in [-0.15, -0.1) is 23.7 Å². The van der Waals surface area contributed by atoms with Gasteiger partial charge >= 0.3 is 0 Å². The van der Waals surface area contributed by atoms with Crippen LogP contribution in [0.1, 0.15) is 36.1 Å². The smallest absolute Gasteiger partial charge is 0.242 e. The van der Waals surface area contributed by atoms with Crippen LogP contribution in [0.3, 0.4) is 0 Å². The first-order chi connectivity index (χ1) is 12.6. The third-order valence-electron chi connectivity index (χ3n) is 6.10. The number of nitrogens with zero attached hydrogens (tertiary/aromatic N) is 1. The van der Waals surface area contributed by atoms with Crippen LogP contribution in [0.25, 0.3) is 10.4 Å². The van der Waals surface area contributed by atoms with Crippen LogP contribution >= 0.6 is 23.7 Å². The molecule has 0 radical (unpaired) electrons. The van der Waals surface area contributed by atoms with Crippen molar-refractivity contribution in [3.05, 3.63) is 46.8 Å². The van der Waals surface area contributed by atoms with E-state index in [4.69, 9.17) is 10.5 Å². The summed E-state index contributed by atoms with van der Waals surface area (Å²) in [6.07, 6.45) is 4.39. The van der Waals surface area contributed by atoms with E-state index < -0.39 is 5.54 Å². The van der Waals surface area contributed by atoms with Gasteiger partial charge in [0, 0.05) is 22.8 Å². The molecule has 6 heteroatoms. The minimum absolute atomic E-state index is 0. The molecular formula is C21H25ClN2O2S. The molecule has 1 spiro atoms. The topological polar surface area (TPSA) is 55.6 Å². The van der Waals surface area contributed by atoms with Gasteiger partial charge in [0.15, 0.2) is 0 Å². The average molecular weight is 405 g/mol. The van der Waals surface area contributed by atoms with Gasteiger partial charge in [-0.05, 0) is 49.3 Å². The first kappa shape index (κ1) is 18.9. The highest BCUT2D eigenvalue weighted by Crippen LogP contribution is 2.48. The number of hydrogen-bond donors (Lipinski definition) is 1. The summed E-state index contributed by atoms with van der Waals surface area (Å²) in [5.41, 5.74) is 8.04. The number of ether oxygens (including phenoxy) is 1. The van der Waals surface area contributed by atoms with E-state index in [1.165, 1.54) is 20.9 Å². The molecule has 4 nitrogen and oxygen atoms in total. The van der Waals surface area contributed by atoms with E-state index in [0.29, 0.717) is 0 Å². The van der Waals surface area contributed by atoms with Gasteiger partial charge in [-0.2, -0.15) is 0 Å². The van der Waals surface area contributed by atoms with E-state index in [-0.39, 0.29) is 23.9 Å². The Hall–Kier alpha value is -1.40. The number of fused-ring (bicyclic) bond motifs is 2. The van der Waals surface area contributed by atoms with Gasteiger partial charge in [-0.25, -0.2) is 0 Å². The van der Waals surface area contributed by atoms with Gasteiger partial charge in [-0.1, -0.05) is 30.3 Å². The highest BCUT2D eigenvalue weighted by molar-refractivity contribution is 7.15. The summed E-state index contributed by atoms with van der Waals surface area (Å²) < 4.78 is 6.35. The molecule has 0 bridgehead atoms. The Morgan fingerprint density at radius 1 is 1.11 bits per heavy atom. The lowest BCUT2D eigenvalue weighted by Crippen LogP contribution is -2.52. The molecule has 3 aliphatic rings. The Kier molecular flexibility index (Phi) is 4.83. The van der Waals surface area contributed by atoms with Crippen LogP contribution in [0.15, 0.2) is 36.4 Å². The summed E-state index contributed by atoms with van der Waals surface area (Å²) >= 11 is 1.87. The number of carbonyl (C=O) groups is 1. The molecular weight excluding hydrogens is 380 g/mol. The number of amides is 1. The zero-order chi connectivity index (χ0) is 17.8. The van der Waals surface area contributed by atoms with Crippen molar-refractivity contribution in [2.45, 2.75) is 43.2 Å². The normalized spacial score (nSPS) is 22.0. The first-order valence-electron chi connectivity index (χ1n) is 9.51. The lowest BCUT2D eigenvalue weighted by atomic mass is 9.85. The molecule has 1 aromatic carbocycles. The predicted molar refractivity (Wildman–Crippen MR) is 110 cm³/mol. The van der Waals surface area contributed by atoms with Crippen LogP contribution in [0.5, 0.6) is 0 Å². The quantitative estimate of drug-likeness (QED) is 0.829. The number of likely N-dealkylation sites (tertiary alicyclic amines) is 1. The van der Waals surface area contributed by atoms with Gasteiger partial charge in [0.05, 0.1) is 12.1 Å². The van der Waals surface area contributed by atoms with Crippen LogP contribution < -0.4 is 5.73 Å². The number of rotatable bonds is 2. The van der Waals surface area contributed by atoms with Crippen LogP contribution in [0, 0.1) is 0 Å². The monoisotopic (exact) mass is 404 g/mol. The summed E-state index contributed by atoms with van der Waals surface area (Å²) in [4.78, 5) is 17.2. The number of hydrogen-bond acceptors (Lipinski definition) is 4. The second-order valence-corrected chi connectivity index (χ2v) is 8.92. The molecule has 1 saturated carbocycles. The molecule has 2 N–H and O–H groups in total. The Morgan fingerprint density at radius 3 is 2.48 bits per heavy atom. The molecule has 2 aromatic rings. The molecule has 3 heterocycles. The Morgan fingerprint density at radius 2 is 1.81 bits per heavy atom. The summed E-state index contributed by atoms with van der Waals surface area (Å²) in [6.45, 7) is 2.26. The number of halogens is 1. The van der Waals surface area contributed by atoms with Crippen LogP contribution in [-0.4, -0.2) is 36.0 Å². The van der Waals surface area contributed by atoms with Crippen LogP contribution in [0.2, 0.25) is 0 Å².